The number of hydrogen-bond acceptors (Lipinski definition) is 3. The summed E-state index contributed by atoms with van der Waals surface area (Å²) in [6.45, 7) is 5.35. The van der Waals surface area contributed by atoms with Gasteiger partial charge in [-0.05, 0) is 32.2 Å². The van der Waals surface area contributed by atoms with Crippen molar-refractivity contribution >= 4 is 16.7 Å². The molecule has 4 nitrogen and oxygen atoms in total. The average molecular weight is 262 g/mol. The zero-order valence-corrected chi connectivity index (χ0v) is 12.1. The van der Waals surface area contributed by atoms with Crippen LogP contribution in [0, 0.1) is 0 Å². The number of amides is 1. The van der Waals surface area contributed by atoms with E-state index in [9.17, 15) is 9.00 Å². The molecule has 2 N–H and O–H groups in total. The molecule has 2 atom stereocenters. The fraction of sp³-hybridized carbons (Fsp3) is 0.917. The first-order chi connectivity index (χ1) is 8.13. The summed E-state index contributed by atoms with van der Waals surface area (Å²) in [7, 11) is 0.557. The maximum Gasteiger partial charge on any atom is 0.232 e. The molecule has 2 unspecified atom stereocenters. The number of nitrogens with one attached hydrogen (secondary N) is 2. The molecule has 0 spiro atoms. The van der Waals surface area contributed by atoms with E-state index in [4.69, 9.17) is 0 Å². The molecule has 102 valence electrons. The van der Waals surface area contributed by atoms with Crippen LogP contribution in [-0.2, 0) is 15.6 Å². The number of rotatable bonds is 10. The molecule has 0 rings (SSSR count). The highest BCUT2D eigenvalue weighted by molar-refractivity contribution is 7.85. The summed E-state index contributed by atoms with van der Waals surface area (Å²) in [5.41, 5.74) is 0. The summed E-state index contributed by atoms with van der Waals surface area (Å²) >= 11 is 0. The first-order valence-corrected chi connectivity index (χ1v) is 7.91. The second kappa shape index (κ2) is 10.7. The summed E-state index contributed by atoms with van der Waals surface area (Å²) in [6.07, 6.45) is 4.19. The van der Waals surface area contributed by atoms with Crippen LogP contribution in [0.25, 0.3) is 0 Å². The molecule has 0 saturated carbocycles. The van der Waals surface area contributed by atoms with Crippen LogP contribution < -0.4 is 10.6 Å². The third-order valence-corrected chi connectivity index (χ3v) is 4.00. The Morgan fingerprint density at radius 1 is 1.35 bits per heavy atom. The molecule has 0 radical (unpaired) electrons. The fourth-order valence-electron chi connectivity index (χ4n) is 1.58. The zero-order chi connectivity index (χ0) is 13.1. The van der Waals surface area contributed by atoms with Crippen molar-refractivity contribution in [1.82, 2.24) is 10.6 Å². The van der Waals surface area contributed by atoms with Gasteiger partial charge in [-0.2, -0.15) is 0 Å². The minimum atomic E-state index is -1.01. The van der Waals surface area contributed by atoms with Gasteiger partial charge in [-0.1, -0.05) is 13.8 Å². The van der Waals surface area contributed by atoms with E-state index < -0.39 is 10.8 Å². The fourth-order valence-corrected chi connectivity index (χ4v) is 2.65. The Morgan fingerprint density at radius 2 is 2.06 bits per heavy atom. The first-order valence-electron chi connectivity index (χ1n) is 6.42. The molecule has 5 heteroatoms. The Balaban J connectivity index is 3.65. The molecular weight excluding hydrogens is 236 g/mol. The Hall–Kier alpha value is -0.420. The van der Waals surface area contributed by atoms with Crippen LogP contribution in [0.3, 0.4) is 0 Å². The third-order valence-electron chi connectivity index (χ3n) is 2.67. The number of carbonyl (C=O) groups is 1. The maximum absolute atomic E-state index is 11.5. The van der Waals surface area contributed by atoms with Gasteiger partial charge in [0.2, 0.25) is 5.91 Å². The minimum Gasteiger partial charge on any atom is -0.358 e. The Labute approximate surface area is 107 Å². The van der Waals surface area contributed by atoms with E-state index in [1.165, 1.54) is 0 Å². The van der Waals surface area contributed by atoms with Gasteiger partial charge in [-0.3, -0.25) is 9.00 Å². The predicted molar refractivity (Wildman–Crippen MR) is 73.5 cm³/mol. The van der Waals surface area contributed by atoms with Gasteiger partial charge < -0.3 is 10.6 Å². The SMILES string of the molecule is CCCNC(CC)CCCS(=O)CC(=O)NC. The molecule has 0 fully saturated rings. The molecule has 17 heavy (non-hydrogen) atoms. The summed E-state index contributed by atoms with van der Waals surface area (Å²) in [5.74, 6) is 0.618. The van der Waals surface area contributed by atoms with Crippen LogP contribution in [0.1, 0.15) is 39.5 Å². The standard InChI is InChI=1S/C12H26N2O2S/c1-4-8-14-11(5-2)7-6-9-17(16)10-12(15)13-3/h11,14H,4-10H2,1-3H3,(H,13,15). The van der Waals surface area contributed by atoms with Crippen molar-refractivity contribution in [2.75, 3.05) is 25.1 Å². The zero-order valence-electron chi connectivity index (χ0n) is 11.3. The average Bonchev–Trinajstić information content (AvgIpc) is 2.33. The van der Waals surface area contributed by atoms with Gasteiger partial charge in [0.15, 0.2) is 0 Å². The minimum absolute atomic E-state index is 0.135. The van der Waals surface area contributed by atoms with Gasteiger partial charge in [0.25, 0.3) is 0 Å². The number of hydrogen-bond donors (Lipinski definition) is 2. The van der Waals surface area contributed by atoms with Gasteiger partial charge in [0.05, 0.1) is 0 Å². The van der Waals surface area contributed by atoms with Crippen molar-refractivity contribution in [2.24, 2.45) is 0 Å². The lowest BCUT2D eigenvalue weighted by Gasteiger charge is -2.15. The summed E-state index contributed by atoms with van der Waals surface area (Å²) < 4.78 is 11.5. The molecule has 0 aromatic rings. The molecule has 0 bridgehead atoms. The van der Waals surface area contributed by atoms with Crippen molar-refractivity contribution in [1.29, 1.82) is 0 Å². The lowest BCUT2D eigenvalue weighted by atomic mass is 10.1. The quantitative estimate of drug-likeness (QED) is 0.618. The Morgan fingerprint density at radius 3 is 2.59 bits per heavy atom. The van der Waals surface area contributed by atoms with Crippen LogP contribution in [0.2, 0.25) is 0 Å². The van der Waals surface area contributed by atoms with Gasteiger partial charge in [-0.15, -0.1) is 0 Å². The van der Waals surface area contributed by atoms with Gasteiger partial charge in [0.1, 0.15) is 5.75 Å². The van der Waals surface area contributed by atoms with Crippen LogP contribution in [0.5, 0.6) is 0 Å². The molecular formula is C12H26N2O2S. The van der Waals surface area contributed by atoms with E-state index in [0.29, 0.717) is 11.8 Å². The molecule has 1 amide bonds. The molecule has 0 aliphatic heterocycles. The number of carbonyl (C=O) groups excluding carboxylic acids is 1. The maximum atomic E-state index is 11.5. The van der Waals surface area contributed by atoms with E-state index in [-0.39, 0.29) is 11.7 Å². The van der Waals surface area contributed by atoms with Crippen LogP contribution in [0.4, 0.5) is 0 Å². The second-order valence-electron chi connectivity index (χ2n) is 4.16. The van der Waals surface area contributed by atoms with Crippen molar-refractivity contribution in [3.63, 3.8) is 0 Å². The second-order valence-corrected chi connectivity index (χ2v) is 5.74. The molecule has 0 heterocycles. The lowest BCUT2D eigenvalue weighted by molar-refractivity contribution is -0.118. The summed E-state index contributed by atoms with van der Waals surface area (Å²) in [6, 6.07) is 0.520. The van der Waals surface area contributed by atoms with E-state index in [1.807, 2.05) is 0 Å². The summed E-state index contributed by atoms with van der Waals surface area (Å²) in [4.78, 5) is 11.0. The topological polar surface area (TPSA) is 58.2 Å². The molecule has 0 aromatic heterocycles. The van der Waals surface area contributed by atoms with Crippen LogP contribution in [0.15, 0.2) is 0 Å². The van der Waals surface area contributed by atoms with Crippen LogP contribution in [-0.4, -0.2) is 41.3 Å². The van der Waals surface area contributed by atoms with E-state index in [2.05, 4.69) is 24.5 Å². The van der Waals surface area contributed by atoms with E-state index in [1.54, 1.807) is 7.05 Å². The largest absolute Gasteiger partial charge is 0.358 e. The van der Waals surface area contributed by atoms with E-state index >= 15 is 0 Å². The molecule has 0 aliphatic rings. The Bertz CT molecular complexity index is 235. The van der Waals surface area contributed by atoms with Crippen molar-refractivity contribution in [2.45, 2.75) is 45.6 Å². The summed E-state index contributed by atoms with van der Waals surface area (Å²) in [5, 5.41) is 5.96. The van der Waals surface area contributed by atoms with Gasteiger partial charge in [-0.25, -0.2) is 0 Å². The smallest absolute Gasteiger partial charge is 0.232 e. The predicted octanol–water partition coefficient (Wildman–Crippen LogP) is 1.04. The van der Waals surface area contributed by atoms with Crippen LogP contribution >= 0.6 is 0 Å². The van der Waals surface area contributed by atoms with E-state index in [0.717, 1.165) is 32.2 Å². The van der Waals surface area contributed by atoms with Crippen molar-refractivity contribution in [3.8, 4) is 0 Å². The normalized spacial score (nSPS) is 14.3. The van der Waals surface area contributed by atoms with Gasteiger partial charge in [0, 0.05) is 29.6 Å². The Kier molecular flexibility index (Phi) is 10.5. The van der Waals surface area contributed by atoms with Crippen molar-refractivity contribution in [3.05, 3.63) is 0 Å². The third kappa shape index (κ3) is 9.30. The lowest BCUT2D eigenvalue weighted by Crippen LogP contribution is -2.30. The monoisotopic (exact) mass is 262 g/mol. The molecule has 0 saturated heterocycles. The van der Waals surface area contributed by atoms with Gasteiger partial charge >= 0.3 is 0 Å². The first kappa shape index (κ1) is 16.6. The molecule has 0 aliphatic carbocycles. The van der Waals surface area contributed by atoms with Crippen molar-refractivity contribution < 1.29 is 9.00 Å². The molecule has 0 aromatic carbocycles. The highest BCUT2D eigenvalue weighted by atomic mass is 32.2. The highest BCUT2D eigenvalue weighted by Crippen LogP contribution is 2.03. The highest BCUT2D eigenvalue weighted by Gasteiger charge is 2.08.